The van der Waals surface area contributed by atoms with Crippen molar-refractivity contribution >= 4 is 34.2 Å². The number of phenolic OH excluding ortho intramolecular Hbond substituents is 1. The minimum atomic E-state index is -0.567. The number of hydrogen-bond donors (Lipinski definition) is 2. The maximum atomic E-state index is 12.3. The highest BCUT2D eigenvalue weighted by molar-refractivity contribution is 7.15. The van der Waals surface area contributed by atoms with Crippen LogP contribution in [0, 0.1) is 5.92 Å². The highest BCUT2D eigenvalue weighted by atomic mass is 32.1. The number of ether oxygens (including phenoxy) is 2. The Labute approximate surface area is 173 Å². The SMILES string of the molecule is CCOC(=O)c1c(CC(C)C)csc1NC(=O)COC(=O)Cc1ccc(O)cc1. The fourth-order valence-electron chi connectivity index (χ4n) is 2.64. The van der Waals surface area contributed by atoms with E-state index in [4.69, 9.17) is 9.47 Å². The van der Waals surface area contributed by atoms with Crippen LogP contribution in [0.2, 0.25) is 0 Å². The fraction of sp³-hybridized carbons (Fsp3) is 0.381. The van der Waals surface area contributed by atoms with Gasteiger partial charge >= 0.3 is 11.9 Å². The number of benzene rings is 1. The van der Waals surface area contributed by atoms with E-state index >= 15 is 0 Å². The maximum Gasteiger partial charge on any atom is 0.341 e. The monoisotopic (exact) mass is 419 g/mol. The molecule has 2 rings (SSSR count). The molecule has 1 amide bonds. The van der Waals surface area contributed by atoms with E-state index in [1.165, 1.54) is 23.5 Å². The van der Waals surface area contributed by atoms with Crippen LogP contribution in [0.25, 0.3) is 0 Å². The largest absolute Gasteiger partial charge is 0.508 e. The summed E-state index contributed by atoms with van der Waals surface area (Å²) in [7, 11) is 0. The minimum Gasteiger partial charge on any atom is -0.508 e. The molecule has 0 unspecified atom stereocenters. The molecule has 1 heterocycles. The number of aromatic hydroxyl groups is 1. The van der Waals surface area contributed by atoms with Crippen molar-refractivity contribution in [1.82, 2.24) is 0 Å². The Hall–Kier alpha value is -2.87. The van der Waals surface area contributed by atoms with Crippen LogP contribution in [0.15, 0.2) is 29.6 Å². The van der Waals surface area contributed by atoms with E-state index < -0.39 is 24.5 Å². The van der Waals surface area contributed by atoms with Gasteiger partial charge in [-0.3, -0.25) is 9.59 Å². The van der Waals surface area contributed by atoms with E-state index in [2.05, 4.69) is 5.32 Å². The summed E-state index contributed by atoms with van der Waals surface area (Å²) in [5.74, 6) is -1.14. The first kappa shape index (κ1) is 22.4. The highest BCUT2D eigenvalue weighted by Crippen LogP contribution is 2.31. The number of anilines is 1. The van der Waals surface area contributed by atoms with Crippen LogP contribution in [-0.4, -0.2) is 36.2 Å². The lowest BCUT2D eigenvalue weighted by molar-refractivity contribution is -0.146. The van der Waals surface area contributed by atoms with Crippen LogP contribution in [0.5, 0.6) is 5.75 Å². The topological polar surface area (TPSA) is 102 Å². The molecule has 0 aliphatic carbocycles. The number of thiophene rings is 1. The summed E-state index contributed by atoms with van der Waals surface area (Å²) in [6.07, 6.45) is 0.668. The zero-order valence-corrected chi connectivity index (χ0v) is 17.5. The van der Waals surface area contributed by atoms with Crippen LogP contribution in [0.1, 0.15) is 42.3 Å². The van der Waals surface area contributed by atoms with E-state index in [0.29, 0.717) is 28.5 Å². The van der Waals surface area contributed by atoms with E-state index in [1.54, 1.807) is 19.1 Å². The lowest BCUT2D eigenvalue weighted by Gasteiger charge is -2.10. The van der Waals surface area contributed by atoms with Crippen LogP contribution in [0.4, 0.5) is 5.00 Å². The third kappa shape index (κ3) is 6.90. The average Bonchev–Trinajstić information content (AvgIpc) is 3.03. The van der Waals surface area contributed by atoms with E-state index in [1.807, 2.05) is 19.2 Å². The predicted molar refractivity (Wildman–Crippen MR) is 110 cm³/mol. The number of carbonyl (C=O) groups excluding carboxylic acids is 3. The summed E-state index contributed by atoms with van der Waals surface area (Å²) in [4.78, 5) is 36.4. The summed E-state index contributed by atoms with van der Waals surface area (Å²) in [5.41, 5.74) is 1.84. The van der Waals surface area contributed by atoms with Gasteiger partial charge in [-0.15, -0.1) is 11.3 Å². The summed E-state index contributed by atoms with van der Waals surface area (Å²) in [6, 6.07) is 6.14. The van der Waals surface area contributed by atoms with Crippen LogP contribution in [-0.2, 0) is 31.9 Å². The molecule has 0 atom stereocenters. The molecule has 29 heavy (non-hydrogen) atoms. The Morgan fingerprint density at radius 3 is 2.45 bits per heavy atom. The van der Waals surface area contributed by atoms with Gasteiger partial charge < -0.3 is 19.9 Å². The molecule has 2 aromatic rings. The molecule has 156 valence electrons. The van der Waals surface area contributed by atoms with Crippen molar-refractivity contribution in [2.45, 2.75) is 33.6 Å². The van der Waals surface area contributed by atoms with Crippen LogP contribution >= 0.6 is 11.3 Å². The van der Waals surface area contributed by atoms with Gasteiger partial charge in [-0.1, -0.05) is 26.0 Å². The van der Waals surface area contributed by atoms with Crippen molar-refractivity contribution in [3.63, 3.8) is 0 Å². The predicted octanol–water partition coefficient (Wildman–Crippen LogP) is 3.55. The van der Waals surface area contributed by atoms with E-state index in [-0.39, 0.29) is 18.8 Å². The highest BCUT2D eigenvalue weighted by Gasteiger charge is 2.22. The van der Waals surface area contributed by atoms with Gasteiger partial charge in [0.1, 0.15) is 10.8 Å². The summed E-state index contributed by atoms with van der Waals surface area (Å²) in [6.45, 7) is 5.57. The van der Waals surface area contributed by atoms with Crippen molar-refractivity contribution in [3.05, 3.63) is 46.3 Å². The molecule has 0 saturated heterocycles. The molecule has 0 aliphatic heterocycles. The van der Waals surface area contributed by atoms with Gasteiger partial charge in [-0.25, -0.2) is 4.79 Å². The fourth-order valence-corrected chi connectivity index (χ4v) is 3.62. The molecule has 0 spiro atoms. The second-order valence-corrected chi connectivity index (χ2v) is 7.72. The van der Waals surface area contributed by atoms with Gasteiger partial charge in [-0.2, -0.15) is 0 Å². The molecule has 8 heteroatoms. The van der Waals surface area contributed by atoms with Gasteiger partial charge in [0.2, 0.25) is 0 Å². The quantitative estimate of drug-likeness (QED) is 0.603. The van der Waals surface area contributed by atoms with Gasteiger partial charge in [0.25, 0.3) is 5.91 Å². The normalized spacial score (nSPS) is 10.6. The van der Waals surface area contributed by atoms with Gasteiger partial charge in [0.05, 0.1) is 18.6 Å². The molecule has 0 bridgehead atoms. The lowest BCUT2D eigenvalue weighted by Crippen LogP contribution is -2.22. The number of nitrogens with one attached hydrogen (secondary N) is 1. The first-order chi connectivity index (χ1) is 13.8. The number of esters is 2. The maximum absolute atomic E-state index is 12.3. The molecule has 7 nitrogen and oxygen atoms in total. The molecular formula is C21H25NO6S. The Balaban J connectivity index is 1.97. The van der Waals surface area contributed by atoms with E-state index in [9.17, 15) is 19.5 Å². The first-order valence-electron chi connectivity index (χ1n) is 9.31. The zero-order valence-electron chi connectivity index (χ0n) is 16.7. The summed E-state index contributed by atoms with van der Waals surface area (Å²) < 4.78 is 10.1. The van der Waals surface area contributed by atoms with Crippen molar-refractivity contribution in [2.24, 2.45) is 5.92 Å². The Kier molecular flexibility index (Phi) is 8.21. The van der Waals surface area contributed by atoms with Gasteiger partial charge in [0.15, 0.2) is 6.61 Å². The molecular weight excluding hydrogens is 394 g/mol. The first-order valence-corrected chi connectivity index (χ1v) is 10.2. The van der Waals surface area contributed by atoms with Crippen molar-refractivity contribution < 1.29 is 29.0 Å². The number of phenols is 1. The second-order valence-electron chi connectivity index (χ2n) is 6.84. The summed E-state index contributed by atoms with van der Waals surface area (Å²) in [5, 5.41) is 14.1. The third-order valence-corrected chi connectivity index (χ3v) is 4.82. The van der Waals surface area contributed by atoms with Crippen molar-refractivity contribution in [3.8, 4) is 5.75 Å². The number of rotatable bonds is 9. The molecule has 0 saturated carbocycles. The molecule has 1 aromatic carbocycles. The lowest BCUT2D eigenvalue weighted by atomic mass is 10.0. The number of amides is 1. The second kappa shape index (κ2) is 10.6. The third-order valence-electron chi connectivity index (χ3n) is 3.88. The average molecular weight is 419 g/mol. The van der Waals surface area contributed by atoms with Crippen molar-refractivity contribution in [1.29, 1.82) is 0 Å². The zero-order chi connectivity index (χ0) is 21.4. The van der Waals surface area contributed by atoms with Gasteiger partial charge in [0, 0.05) is 0 Å². The Morgan fingerprint density at radius 1 is 1.14 bits per heavy atom. The number of carbonyl (C=O) groups is 3. The summed E-state index contributed by atoms with van der Waals surface area (Å²) >= 11 is 1.24. The number of hydrogen-bond acceptors (Lipinski definition) is 7. The molecule has 0 radical (unpaired) electrons. The van der Waals surface area contributed by atoms with Crippen LogP contribution in [0.3, 0.4) is 0 Å². The molecule has 0 fully saturated rings. The van der Waals surface area contributed by atoms with E-state index in [0.717, 1.165) is 5.56 Å². The minimum absolute atomic E-state index is 0.0147. The molecule has 2 N–H and O–H groups in total. The molecule has 1 aromatic heterocycles. The van der Waals surface area contributed by atoms with Gasteiger partial charge in [-0.05, 0) is 47.9 Å². The smallest absolute Gasteiger partial charge is 0.341 e. The van der Waals surface area contributed by atoms with Crippen LogP contribution < -0.4 is 5.32 Å². The Bertz CT molecular complexity index is 857. The molecule has 0 aliphatic rings. The van der Waals surface area contributed by atoms with Crippen molar-refractivity contribution in [2.75, 3.05) is 18.5 Å². The standard InChI is InChI=1S/C21H25NO6S/c1-4-27-21(26)19-15(9-13(2)3)12-29-20(19)22-17(24)11-28-18(25)10-14-5-7-16(23)8-6-14/h5-8,12-13,23H,4,9-11H2,1-3H3,(H,22,24). The Morgan fingerprint density at radius 2 is 1.83 bits per heavy atom.